The van der Waals surface area contributed by atoms with Crippen molar-refractivity contribution in [1.82, 2.24) is 10.2 Å². The molecule has 0 bridgehead atoms. The molecule has 1 fully saturated rings. The lowest BCUT2D eigenvalue weighted by molar-refractivity contribution is 0.140. The van der Waals surface area contributed by atoms with Crippen molar-refractivity contribution in [2.75, 3.05) is 19.6 Å². The summed E-state index contributed by atoms with van der Waals surface area (Å²) in [4.78, 5) is 2.53. The van der Waals surface area contributed by atoms with Crippen molar-refractivity contribution in [3.63, 3.8) is 0 Å². The van der Waals surface area contributed by atoms with Crippen molar-refractivity contribution in [2.24, 2.45) is 17.8 Å². The van der Waals surface area contributed by atoms with Crippen LogP contribution in [0.2, 0.25) is 0 Å². The number of aryl methyl sites for hydroxylation is 1. The fourth-order valence-electron chi connectivity index (χ4n) is 5.89. The van der Waals surface area contributed by atoms with Crippen LogP contribution in [0.5, 0.6) is 0 Å². The molecule has 0 saturated heterocycles. The van der Waals surface area contributed by atoms with Crippen molar-refractivity contribution in [3.8, 4) is 0 Å². The highest BCUT2D eigenvalue weighted by atomic mass is 16.3. The molecule has 33 heavy (non-hydrogen) atoms. The summed E-state index contributed by atoms with van der Waals surface area (Å²) >= 11 is 0. The van der Waals surface area contributed by atoms with Crippen LogP contribution in [0.25, 0.3) is 0 Å². The third-order valence-electron chi connectivity index (χ3n) is 7.53. The predicted molar refractivity (Wildman–Crippen MR) is 138 cm³/mol. The lowest BCUT2D eigenvalue weighted by Crippen LogP contribution is -2.41. The van der Waals surface area contributed by atoms with E-state index in [0.717, 1.165) is 44.5 Å². The summed E-state index contributed by atoms with van der Waals surface area (Å²) in [5, 5.41) is 24.8. The third kappa shape index (κ3) is 7.51. The minimum atomic E-state index is -0.507. The quantitative estimate of drug-likeness (QED) is 0.322. The normalized spacial score (nSPS) is 26.1. The highest BCUT2D eigenvalue weighted by molar-refractivity contribution is 5.24. The number of hydrogen-bond donors (Lipinski definition) is 3. The number of aliphatic hydroxyl groups excluding tert-OH is 2. The lowest BCUT2D eigenvalue weighted by Gasteiger charge is -2.30. The van der Waals surface area contributed by atoms with Crippen LogP contribution < -0.4 is 5.32 Å². The summed E-state index contributed by atoms with van der Waals surface area (Å²) in [7, 11) is 0. The molecule has 2 aliphatic carbocycles. The van der Waals surface area contributed by atoms with Crippen LogP contribution in [-0.4, -0.2) is 59.0 Å². The highest BCUT2D eigenvalue weighted by Gasteiger charge is 2.43. The Bertz CT molecular complexity index is 793. The van der Waals surface area contributed by atoms with Gasteiger partial charge in [0.1, 0.15) is 0 Å². The van der Waals surface area contributed by atoms with Gasteiger partial charge in [0.25, 0.3) is 0 Å². The predicted octanol–water partition coefficient (Wildman–Crippen LogP) is 4.50. The Morgan fingerprint density at radius 2 is 1.91 bits per heavy atom. The summed E-state index contributed by atoms with van der Waals surface area (Å²) < 4.78 is 0. The van der Waals surface area contributed by atoms with Gasteiger partial charge in [-0.25, -0.2) is 0 Å². The molecule has 3 rings (SSSR count). The lowest BCUT2D eigenvalue weighted by atomic mass is 9.88. The van der Waals surface area contributed by atoms with Crippen LogP contribution in [0.15, 0.2) is 48.1 Å². The van der Waals surface area contributed by atoms with Crippen LogP contribution >= 0.6 is 0 Å². The van der Waals surface area contributed by atoms with E-state index in [1.807, 2.05) is 12.1 Å². The van der Waals surface area contributed by atoms with Gasteiger partial charge in [0.2, 0.25) is 0 Å². The molecule has 0 amide bonds. The summed E-state index contributed by atoms with van der Waals surface area (Å²) in [5.41, 5.74) is 3.90. The average Bonchev–Trinajstić information content (AvgIpc) is 3.24. The largest absolute Gasteiger partial charge is 0.392 e. The number of hydrogen-bond acceptors (Lipinski definition) is 4. The maximum absolute atomic E-state index is 10.6. The van der Waals surface area contributed by atoms with Gasteiger partial charge < -0.3 is 15.5 Å². The summed E-state index contributed by atoms with van der Waals surface area (Å²) in [6.07, 6.45) is 9.28. The molecule has 4 nitrogen and oxygen atoms in total. The summed E-state index contributed by atoms with van der Waals surface area (Å²) in [6, 6.07) is 9.47. The maximum Gasteiger partial charge on any atom is 0.0761 e. The zero-order valence-corrected chi connectivity index (χ0v) is 21.4. The molecular weight excluding hydrogens is 408 g/mol. The first kappa shape index (κ1) is 26.2. The Balaban J connectivity index is 1.43. The van der Waals surface area contributed by atoms with Crippen LogP contribution in [0.4, 0.5) is 0 Å². The van der Waals surface area contributed by atoms with E-state index in [2.05, 4.69) is 75.2 Å². The summed E-state index contributed by atoms with van der Waals surface area (Å²) in [5.74, 6) is 1.11. The van der Waals surface area contributed by atoms with E-state index in [-0.39, 0.29) is 12.0 Å². The molecule has 184 valence electrons. The molecule has 5 atom stereocenters. The van der Waals surface area contributed by atoms with Crippen LogP contribution in [0.3, 0.4) is 0 Å². The van der Waals surface area contributed by atoms with Gasteiger partial charge in [-0.15, -0.1) is 0 Å². The molecule has 0 spiro atoms. The topological polar surface area (TPSA) is 55.7 Å². The minimum absolute atomic E-state index is 0.148. The van der Waals surface area contributed by atoms with E-state index in [4.69, 9.17) is 0 Å². The molecule has 4 heteroatoms. The van der Waals surface area contributed by atoms with Crippen molar-refractivity contribution in [2.45, 2.75) is 84.6 Å². The molecular formula is C29H46N2O2. The van der Waals surface area contributed by atoms with E-state index in [1.54, 1.807) is 0 Å². The Hall–Kier alpha value is -1.46. The van der Waals surface area contributed by atoms with Crippen molar-refractivity contribution in [1.29, 1.82) is 0 Å². The highest BCUT2D eigenvalue weighted by Crippen LogP contribution is 2.47. The van der Waals surface area contributed by atoms with Crippen LogP contribution in [0.1, 0.15) is 58.1 Å². The smallest absolute Gasteiger partial charge is 0.0761 e. The van der Waals surface area contributed by atoms with Gasteiger partial charge in [-0.05, 0) is 77.8 Å². The maximum atomic E-state index is 10.6. The van der Waals surface area contributed by atoms with Gasteiger partial charge in [0, 0.05) is 37.5 Å². The van der Waals surface area contributed by atoms with Crippen molar-refractivity contribution in [3.05, 3.63) is 59.2 Å². The van der Waals surface area contributed by atoms with Crippen LogP contribution in [0, 0.1) is 24.7 Å². The number of nitrogens with one attached hydrogen (secondary N) is 1. The van der Waals surface area contributed by atoms with Crippen molar-refractivity contribution >= 4 is 0 Å². The van der Waals surface area contributed by atoms with E-state index >= 15 is 0 Å². The monoisotopic (exact) mass is 454 g/mol. The number of rotatable bonds is 12. The molecule has 0 aromatic heterocycles. The number of fused-ring (bicyclic) bond motifs is 1. The van der Waals surface area contributed by atoms with E-state index in [1.165, 1.54) is 11.1 Å². The Morgan fingerprint density at radius 1 is 1.15 bits per heavy atom. The van der Waals surface area contributed by atoms with E-state index in [9.17, 15) is 10.2 Å². The molecule has 2 aliphatic rings. The Kier molecular flexibility index (Phi) is 9.75. The van der Waals surface area contributed by atoms with E-state index in [0.29, 0.717) is 30.3 Å². The Morgan fingerprint density at radius 3 is 2.61 bits per heavy atom. The number of aliphatic hydroxyl groups is 2. The first-order valence-electron chi connectivity index (χ1n) is 13.0. The van der Waals surface area contributed by atoms with Gasteiger partial charge in [0.05, 0.1) is 12.2 Å². The number of nitrogens with zero attached hydrogens (tertiary/aromatic N) is 1. The first-order chi connectivity index (χ1) is 15.7. The van der Waals surface area contributed by atoms with E-state index < -0.39 is 6.10 Å². The Labute approximate surface area is 201 Å². The van der Waals surface area contributed by atoms with Crippen molar-refractivity contribution < 1.29 is 10.2 Å². The summed E-state index contributed by atoms with van der Waals surface area (Å²) in [6.45, 7) is 14.3. The zero-order valence-electron chi connectivity index (χ0n) is 21.4. The third-order valence-corrected chi connectivity index (χ3v) is 7.53. The molecule has 0 aliphatic heterocycles. The van der Waals surface area contributed by atoms with Crippen LogP contribution in [-0.2, 0) is 6.42 Å². The zero-order chi connectivity index (χ0) is 24.0. The molecule has 0 unspecified atom stereocenters. The van der Waals surface area contributed by atoms with Gasteiger partial charge >= 0.3 is 0 Å². The second-order valence-electron chi connectivity index (χ2n) is 10.8. The molecule has 0 heterocycles. The molecule has 1 aromatic rings. The molecule has 1 saturated carbocycles. The molecule has 0 radical (unpaired) electrons. The second-order valence-corrected chi connectivity index (χ2v) is 10.8. The fourth-order valence-corrected chi connectivity index (χ4v) is 5.89. The fraction of sp³-hybridized carbons (Fsp3) is 0.655. The molecule has 1 aromatic carbocycles. The SMILES string of the molecule is Cc1cccc(C[C@@H](O)/C=C/[C@@H]2[C@H]3CC(CCNCCN(C(C)C)C(C)C)=C[C@H]3C[C@H]2O)c1. The standard InChI is InChI=1S/C29H46N2O2/c1-20(2)31(21(3)4)14-13-30-12-11-24-16-25-19-29(33)27(28(25)18-24)10-9-26(32)17-23-8-6-7-22(5)15-23/h6-10,15-16,20-21,25-30,32-33H,11-14,17-19H2,1-5H3/b10-9+/t25-,26-,27+,28-,29+/m0/s1. The van der Waals surface area contributed by atoms with Gasteiger partial charge in [-0.2, -0.15) is 0 Å². The van der Waals surface area contributed by atoms with Gasteiger partial charge in [-0.1, -0.05) is 53.6 Å². The number of benzene rings is 1. The molecule has 3 N–H and O–H groups in total. The number of allylic oxidation sites excluding steroid dienone is 1. The first-order valence-corrected chi connectivity index (χ1v) is 13.0. The minimum Gasteiger partial charge on any atom is -0.392 e. The average molecular weight is 455 g/mol. The van der Waals surface area contributed by atoms with Gasteiger partial charge in [-0.3, -0.25) is 4.90 Å². The van der Waals surface area contributed by atoms with Gasteiger partial charge in [0.15, 0.2) is 0 Å². The second kappa shape index (κ2) is 12.3.